The Morgan fingerprint density at radius 3 is 1.04 bits per heavy atom. The third-order valence-corrected chi connectivity index (χ3v) is 15.3. The van der Waals surface area contributed by atoms with Crippen LogP contribution >= 0.6 is 0 Å². The van der Waals surface area contributed by atoms with Gasteiger partial charge in [0.15, 0.2) is 8.07 Å². The van der Waals surface area contributed by atoms with Gasteiger partial charge >= 0.3 is 18.5 Å². The fourth-order valence-corrected chi connectivity index (χ4v) is 12.4. The van der Waals surface area contributed by atoms with Crippen LogP contribution < -0.4 is 20.7 Å². The van der Waals surface area contributed by atoms with Gasteiger partial charge in [-0.15, -0.1) is 0 Å². The lowest BCUT2D eigenvalue weighted by Gasteiger charge is -2.35. The van der Waals surface area contributed by atoms with Gasteiger partial charge in [-0.2, -0.15) is 39.5 Å². The zero-order chi connectivity index (χ0) is 40.2. The summed E-state index contributed by atoms with van der Waals surface area (Å²) in [4.78, 5) is 0. The van der Waals surface area contributed by atoms with Crippen molar-refractivity contribution in [2.24, 2.45) is 0 Å². The van der Waals surface area contributed by atoms with Crippen LogP contribution in [0.1, 0.15) is 16.7 Å². The van der Waals surface area contributed by atoms with E-state index in [0.717, 1.165) is 69.1 Å². The van der Waals surface area contributed by atoms with Gasteiger partial charge in [0, 0.05) is 0 Å². The number of halogens is 9. The predicted molar refractivity (Wildman–Crippen MR) is 211 cm³/mol. The molecule has 0 aromatic heterocycles. The highest BCUT2D eigenvalue weighted by Gasteiger charge is 2.43. The first-order valence-electron chi connectivity index (χ1n) is 17.8. The maximum atomic E-state index is 13.9. The average Bonchev–Trinajstić information content (AvgIpc) is 3.21. The van der Waals surface area contributed by atoms with Gasteiger partial charge in [0.2, 0.25) is 0 Å². The van der Waals surface area contributed by atoms with E-state index in [1.807, 2.05) is 48.5 Å². The van der Waals surface area contributed by atoms with E-state index in [1.165, 1.54) is 36.4 Å². The largest absolute Gasteiger partial charge is 0.416 e. The molecule has 0 aliphatic carbocycles. The second-order valence-corrected chi connectivity index (χ2v) is 17.7. The highest BCUT2D eigenvalue weighted by molar-refractivity contribution is 7.19. The lowest BCUT2D eigenvalue weighted by atomic mass is 9.97. The van der Waals surface area contributed by atoms with Gasteiger partial charge in [-0.1, -0.05) is 158 Å². The number of hydrogen-bond acceptors (Lipinski definition) is 0. The highest BCUT2D eigenvalue weighted by atomic mass is 28.3. The Kier molecular flexibility index (Phi) is 9.35. The smallest absolute Gasteiger partial charge is 0.166 e. The molecule has 284 valence electrons. The molecule has 0 bridgehead atoms. The minimum Gasteiger partial charge on any atom is -0.166 e. The monoisotopic (exact) mass is 792 g/mol. The Morgan fingerprint density at radius 2 is 0.596 bits per heavy atom. The lowest BCUT2D eigenvalue weighted by Crippen LogP contribution is -2.74. The van der Waals surface area contributed by atoms with E-state index in [0.29, 0.717) is 31.9 Å². The van der Waals surface area contributed by atoms with Gasteiger partial charge in [-0.05, 0) is 82.7 Å². The highest BCUT2D eigenvalue weighted by Crippen LogP contribution is 2.33. The van der Waals surface area contributed by atoms with Crippen LogP contribution in [0, 0.1) is 0 Å². The molecule has 0 saturated heterocycles. The number of fused-ring (bicyclic) bond motifs is 3. The molecule has 0 aliphatic rings. The first-order chi connectivity index (χ1) is 27.1. The maximum Gasteiger partial charge on any atom is 0.416 e. The number of rotatable bonds is 6. The molecule has 0 fully saturated rings. The van der Waals surface area contributed by atoms with Crippen molar-refractivity contribution in [2.45, 2.75) is 18.5 Å². The quantitative estimate of drug-likeness (QED) is 0.0681. The Hall–Kier alpha value is -6.13. The Labute approximate surface area is 322 Å². The van der Waals surface area contributed by atoms with Crippen LogP contribution in [0.25, 0.3) is 43.8 Å². The van der Waals surface area contributed by atoms with Crippen LogP contribution in [0.3, 0.4) is 0 Å². The molecule has 8 aromatic rings. The molecule has 0 aliphatic heterocycles. The molecular formula is C47H29F9Si. The molecule has 0 saturated carbocycles. The van der Waals surface area contributed by atoms with Crippen molar-refractivity contribution in [1.82, 2.24) is 0 Å². The van der Waals surface area contributed by atoms with Crippen molar-refractivity contribution >= 4 is 50.4 Å². The van der Waals surface area contributed by atoms with Gasteiger partial charge < -0.3 is 0 Å². The van der Waals surface area contributed by atoms with E-state index in [-0.39, 0.29) is 0 Å². The van der Waals surface area contributed by atoms with Gasteiger partial charge in [0.05, 0.1) is 16.7 Å². The first kappa shape index (κ1) is 37.8. The van der Waals surface area contributed by atoms with E-state index in [9.17, 15) is 39.5 Å². The van der Waals surface area contributed by atoms with E-state index >= 15 is 0 Å². The molecule has 0 heterocycles. The van der Waals surface area contributed by atoms with Gasteiger partial charge in [0.25, 0.3) is 0 Å². The summed E-state index contributed by atoms with van der Waals surface area (Å²) in [5.41, 5.74) is 0.292. The molecule has 8 aromatic carbocycles. The summed E-state index contributed by atoms with van der Waals surface area (Å²) < 4.78 is 123. The van der Waals surface area contributed by atoms with Gasteiger partial charge in [0.1, 0.15) is 0 Å². The standard InChI is InChI=1S/C47H29F9Si/c48-45(49,50)36-14-7-30(8-15-36)31-9-20-39(21-10-31)57(41-24-16-37(17-25-41)46(51,52)53,42-26-18-38(19-27-42)47(54,55)56)40-22-11-32(12-23-40)34-13-28-44-35(29-34)6-5-33-3-1-2-4-43(33)44/h1-29H. The summed E-state index contributed by atoms with van der Waals surface area (Å²) >= 11 is 0. The molecule has 0 spiro atoms. The first-order valence-corrected chi connectivity index (χ1v) is 19.8. The van der Waals surface area contributed by atoms with Crippen LogP contribution in [0.15, 0.2) is 176 Å². The van der Waals surface area contributed by atoms with Crippen LogP contribution in [-0.2, 0) is 18.5 Å². The summed E-state index contributed by atoms with van der Waals surface area (Å²) in [6.07, 6.45) is -13.8. The van der Waals surface area contributed by atoms with E-state index in [2.05, 4.69) is 30.3 Å². The third-order valence-electron chi connectivity index (χ3n) is 10.6. The molecule has 0 radical (unpaired) electrons. The minimum atomic E-state index is -4.63. The summed E-state index contributed by atoms with van der Waals surface area (Å²) in [5, 5.41) is 6.66. The van der Waals surface area contributed by atoms with Crippen LogP contribution in [0.2, 0.25) is 0 Å². The maximum absolute atomic E-state index is 13.9. The lowest BCUT2D eigenvalue weighted by molar-refractivity contribution is -0.138. The second kappa shape index (κ2) is 14.1. The number of benzene rings is 8. The van der Waals surface area contributed by atoms with E-state index in [4.69, 9.17) is 0 Å². The van der Waals surface area contributed by atoms with Gasteiger partial charge in [-0.25, -0.2) is 0 Å². The number of hydrogen-bond donors (Lipinski definition) is 0. The van der Waals surface area contributed by atoms with Crippen LogP contribution in [0.5, 0.6) is 0 Å². The molecular weight excluding hydrogens is 764 g/mol. The molecule has 0 amide bonds. The summed E-state index contributed by atoms with van der Waals surface area (Å²) in [6, 6.07) is 47.0. The van der Waals surface area contributed by atoms with Crippen LogP contribution in [0.4, 0.5) is 39.5 Å². The topological polar surface area (TPSA) is 0 Å². The Balaban J connectivity index is 1.30. The van der Waals surface area contributed by atoms with E-state index < -0.39 is 43.3 Å². The van der Waals surface area contributed by atoms with Crippen molar-refractivity contribution < 1.29 is 39.5 Å². The minimum absolute atomic E-state index is 0.489. The van der Waals surface area contributed by atoms with Crippen molar-refractivity contribution in [1.29, 1.82) is 0 Å². The normalized spacial score (nSPS) is 12.6. The predicted octanol–water partition coefficient (Wildman–Crippen LogP) is 11.8. The second-order valence-electron chi connectivity index (χ2n) is 13.9. The van der Waals surface area contributed by atoms with Crippen molar-refractivity contribution in [2.75, 3.05) is 0 Å². The van der Waals surface area contributed by atoms with Crippen LogP contribution in [-0.4, -0.2) is 8.07 Å². The fraction of sp³-hybridized carbons (Fsp3) is 0.0638. The third kappa shape index (κ3) is 7.10. The molecule has 0 nitrogen and oxygen atoms in total. The average molecular weight is 793 g/mol. The van der Waals surface area contributed by atoms with Crippen molar-refractivity contribution in [3.8, 4) is 22.3 Å². The molecule has 0 unspecified atom stereocenters. The summed E-state index contributed by atoms with van der Waals surface area (Å²) in [7, 11) is -3.70. The molecule has 0 atom stereocenters. The number of alkyl halides is 9. The zero-order valence-corrected chi connectivity index (χ0v) is 30.6. The summed E-state index contributed by atoms with van der Waals surface area (Å²) in [6.45, 7) is 0. The van der Waals surface area contributed by atoms with Crippen molar-refractivity contribution in [3.63, 3.8) is 0 Å². The molecule has 10 heteroatoms. The Morgan fingerprint density at radius 1 is 0.281 bits per heavy atom. The van der Waals surface area contributed by atoms with E-state index in [1.54, 1.807) is 24.3 Å². The Bertz CT molecular complexity index is 2640. The van der Waals surface area contributed by atoms with Gasteiger partial charge in [-0.3, -0.25) is 0 Å². The summed E-state index contributed by atoms with van der Waals surface area (Å²) in [5.74, 6) is 0. The SMILES string of the molecule is FC(F)(F)c1ccc(-c2ccc([Si](c3ccc(-c4ccc5c(ccc6ccccc65)c4)cc3)(c3ccc(C(F)(F)F)cc3)c3ccc(C(F)(F)F)cc3)cc2)cc1. The molecule has 0 N–H and O–H groups in total. The molecule has 8 rings (SSSR count). The van der Waals surface area contributed by atoms with Crippen molar-refractivity contribution in [3.05, 3.63) is 193 Å². The molecule has 57 heavy (non-hydrogen) atoms. The zero-order valence-electron chi connectivity index (χ0n) is 29.6. The fourth-order valence-electron chi connectivity index (χ4n) is 7.69.